The van der Waals surface area contributed by atoms with E-state index in [1.807, 2.05) is 0 Å². The predicted octanol–water partition coefficient (Wildman–Crippen LogP) is 7.22. The normalized spacial score (nSPS) is 14.4. The highest BCUT2D eigenvalue weighted by Gasteiger charge is 2.41. The van der Waals surface area contributed by atoms with Crippen LogP contribution in [0.1, 0.15) is 118 Å². The number of hydrogen-bond donors (Lipinski definition) is 0. The van der Waals surface area contributed by atoms with Crippen LogP contribution in [0.4, 0.5) is 0 Å². The molecule has 0 radical (unpaired) electrons. The van der Waals surface area contributed by atoms with E-state index in [1.165, 1.54) is 17.8 Å². The first-order valence-electron chi connectivity index (χ1n) is 9.79. The fourth-order valence-corrected chi connectivity index (χ4v) is 4.08. The molecule has 1 heterocycles. The lowest BCUT2D eigenvalue weighted by Crippen LogP contribution is -2.32. The Labute approximate surface area is 152 Å². The van der Waals surface area contributed by atoms with Gasteiger partial charge in [0.1, 0.15) is 0 Å². The Morgan fingerprint density at radius 2 is 1.04 bits per heavy atom. The van der Waals surface area contributed by atoms with Gasteiger partial charge < -0.3 is 4.57 Å². The summed E-state index contributed by atoms with van der Waals surface area (Å²) in [6, 6.07) is 0. The van der Waals surface area contributed by atoms with E-state index in [0.29, 0.717) is 0 Å². The largest absolute Gasteiger partial charge is 0.343 e. The first-order chi connectivity index (χ1) is 10.5. The van der Waals surface area contributed by atoms with Crippen molar-refractivity contribution in [2.45, 2.75) is 125 Å². The molecule has 0 aliphatic rings. The van der Waals surface area contributed by atoms with Crippen LogP contribution < -0.4 is 0 Å². The number of rotatable bonds is 4. The molecule has 1 nitrogen and oxygen atoms in total. The van der Waals surface area contributed by atoms with E-state index in [4.69, 9.17) is 0 Å². The highest BCUT2D eigenvalue weighted by atomic mass is 15.1. The maximum atomic E-state index is 2.65. The third-order valence-electron chi connectivity index (χ3n) is 5.91. The van der Waals surface area contributed by atoms with E-state index < -0.39 is 0 Å². The second-order valence-electron chi connectivity index (χ2n) is 10.9. The third kappa shape index (κ3) is 3.60. The Morgan fingerprint density at radius 3 is 1.33 bits per heavy atom. The van der Waals surface area contributed by atoms with Gasteiger partial charge in [-0.25, -0.2) is 0 Å². The molecule has 0 unspecified atom stereocenters. The first kappa shape index (κ1) is 21.3. The van der Waals surface area contributed by atoms with Gasteiger partial charge in [-0.05, 0) is 62.5 Å². The second kappa shape index (κ2) is 6.22. The Morgan fingerprint density at radius 1 is 0.667 bits per heavy atom. The summed E-state index contributed by atoms with van der Waals surface area (Å²) in [4.78, 5) is 0. The minimum atomic E-state index is 0.0906. The van der Waals surface area contributed by atoms with Gasteiger partial charge in [0, 0.05) is 22.3 Å². The van der Waals surface area contributed by atoms with Crippen molar-refractivity contribution in [1.82, 2.24) is 4.57 Å². The smallest absolute Gasteiger partial charge is 0.0361 e. The van der Waals surface area contributed by atoms with Crippen molar-refractivity contribution in [3.8, 4) is 0 Å². The van der Waals surface area contributed by atoms with Crippen molar-refractivity contribution < 1.29 is 0 Å². The molecule has 0 saturated carbocycles. The zero-order valence-corrected chi connectivity index (χ0v) is 18.9. The van der Waals surface area contributed by atoms with Crippen molar-refractivity contribution in [1.29, 1.82) is 0 Å². The topological polar surface area (TPSA) is 4.93 Å². The summed E-state index contributed by atoms with van der Waals surface area (Å²) >= 11 is 0. The van der Waals surface area contributed by atoms with Crippen molar-refractivity contribution in [3.05, 3.63) is 22.5 Å². The minimum absolute atomic E-state index is 0.0906. The van der Waals surface area contributed by atoms with E-state index in [1.54, 1.807) is 11.1 Å². The van der Waals surface area contributed by atoms with Crippen LogP contribution in [0.3, 0.4) is 0 Å². The van der Waals surface area contributed by atoms with E-state index >= 15 is 0 Å². The number of hydrogen-bond acceptors (Lipinski definition) is 0. The molecule has 0 N–H and O–H groups in total. The molecule has 1 aromatic heterocycles. The monoisotopic (exact) mass is 333 g/mol. The van der Waals surface area contributed by atoms with Gasteiger partial charge in [-0.1, -0.05) is 62.3 Å². The Bertz CT molecular complexity index is 583. The molecule has 0 fully saturated rings. The van der Waals surface area contributed by atoms with Gasteiger partial charge in [0.05, 0.1) is 0 Å². The minimum Gasteiger partial charge on any atom is -0.343 e. The molecule has 24 heavy (non-hydrogen) atoms. The van der Waals surface area contributed by atoms with E-state index in [-0.39, 0.29) is 21.8 Å². The van der Waals surface area contributed by atoms with Crippen LogP contribution in [0, 0.1) is 6.92 Å². The molecule has 1 rings (SSSR count). The molecule has 0 aliphatic heterocycles. The van der Waals surface area contributed by atoms with E-state index in [0.717, 1.165) is 6.42 Å². The maximum Gasteiger partial charge on any atom is 0.0361 e. The van der Waals surface area contributed by atoms with Crippen LogP contribution in [0.15, 0.2) is 0 Å². The van der Waals surface area contributed by atoms with Crippen LogP contribution in [-0.4, -0.2) is 4.57 Å². The second-order valence-corrected chi connectivity index (χ2v) is 10.9. The van der Waals surface area contributed by atoms with Gasteiger partial charge in [-0.3, -0.25) is 0 Å². The lowest BCUT2D eigenvalue weighted by atomic mass is 9.69. The van der Waals surface area contributed by atoms with Crippen LogP contribution in [0.25, 0.3) is 0 Å². The van der Waals surface area contributed by atoms with Crippen LogP contribution >= 0.6 is 0 Å². The lowest BCUT2D eigenvalue weighted by Gasteiger charge is -2.36. The summed E-state index contributed by atoms with van der Waals surface area (Å²) in [5.74, 6) is 0. The standard InChI is InChI=1S/C23H43N/c1-14-22(10,11)17-16(3)24(21(7,8)9)19(20(4,5)6)18(17)23(12,13)15-2/h14-15H2,1-13H3. The molecule has 0 aliphatic carbocycles. The zero-order chi connectivity index (χ0) is 19.3. The van der Waals surface area contributed by atoms with Gasteiger partial charge in [0.2, 0.25) is 0 Å². The summed E-state index contributed by atoms with van der Waals surface area (Å²) < 4.78 is 2.65. The summed E-state index contributed by atoms with van der Waals surface area (Å²) in [5.41, 5.74) is 6.81. The van der Waals surface area contributed by atoms with E-state index in [2.05, 4.69) is 94.6 Å². The maximum absolute atomic E-state index is 2.65. The molecule has 0 amide bonds. The van der Waals surface area contributed by atoms with Gasteiger partial charge in [0.25, 0.3) is 0 Å². The predicted molar refractivity (Wildman–Crippen MR) is 109 cm³/mol. The first-order valence-corrected chi connectivity index (χ1v) is 9.79. The Kier molecular flexibility index (Phi) is 5.52. The molecule has 0 saturated heterocycles. The van der Waals surface area contributed by atoms with Gasteiger partial charge in [0.15, 0.2) is 0 Å². The Hall–Kier alpha value is -0.720. The molecular formula is C23H43N. The van der Waals surface area contributed by atoms with Crippen molar-refractivity contribution in [3.63, 3.8) is 0 Å². The highest BCUT2D eigenvalue weighted by molar-refractivity contribution is 5.50. The molecule has 1 heteroatoms. The quantitative estimate of drug-likeness (QED) is 0.548. The van der Waals surface area contributed by atoms with Gasteiger partial charge in [-0.2, -0.15) is 0 Å². The third-order valence-corrected chi connectivity index (χ3v) is 5.91. The molecule has 1 aromatic rings. The number of aromatic nitrogens is 1. The summed E-state index contributed by atoms with van der Waals surface area (Å²) in [6.07, 6.45) is 2.33. The molecule has 0 spiro atoms. The molecule has 140 valence electrons. The summed E-state index contributed by atoms with van der Waals surface area (Å²) in [6.45, 7) is 30.9. The van der Waals surface area contributed by atoms with Crippen molar-refractivity contribution in [2.24, 2.45) is 0 Å². The molecular weight excluding hydrogens is 290 g/mol. The van der Waals surface area contributed by atoms with Crippen LogP contribution in [0.2, 0.25) is 0 Å². The molecule has 0 atom stereocenters. The molecule has 0 bridgehead atoms. The summed E-state index contributed by atoms with van der Waals surface area (Å²) in [5, 5.41) is 0. The average Bonchev–Trinajstić information content (AvgIpc) is 2.73. The summed E-state index contributed by atoms with van der Waals surface area (Å²) in [7, 11) is 0. The van der Waals surface area contributed by atoms with Crippen LogP contribution in [-0.2, 0) is 21.8 Å². The zero-order valence-electron chi connectivity index (χ0n) is 18.9. The van der Waals surface area contributed by atoms with Crippen molar-refractivity contribution in [2.75, 3.05) is 0 Å². The average molecular weight is 334 g/mol. The highest BCUT2D eigenvalue weighted by Crippen LogP contribution is 2.48. The fourth-order valence-electron chi connectivity index (χ4n) is 4.08. The van der Waals surface area contributed by atoms with Gasteiger partial charge >= 0.3 is 0 Å². The SMILES string of the molecule is CCC(C)(C)c1c(C(C)(C)CC)c(C(C)(C)C)n(C(C)(C)C)c1C. The Balaban J connectivity index is 4.16. The van der Waals surface area contributed by atoms with Crippen molar-refractivity contribution >= 4 is 0 Å². The fraction of sp³-hybridized carbons (Fsp3) is 0.826. The number of nitrogens with zero attached hydrogens (tertiary/aromatic N) is 1. The van der Waals surface area contributed by atoms with Crippen LogP contribution in [0.5, 0.6) is 0 Å². The lowest BCUT2D eigenvalue weighted by molar-refractivity contribution is 0.346. The van der Waals surface area contributed by atoms with E-state index in [9.17, 15) is 0 Å². The van der Waals surface area contributed by atoms with Gasteiger partial charge in [-0.15, -0.1) is 0 Å². The molecule has 0 aromatic carbocycles.